The number of aromatic nitrogens is 1. The fourth-order valence-electron chi connectivity index (χ4n) is 3.15. The zero-order valence-corrected chi connectivity index (χ0v) is 15.1. The van der Waals surface area contributed by atoms with Gasteiger partial charge in [-0.25, -0.2) is 9.18 Å². The Morgan fingerprint density at radius 3 is 2.41 bits per heavy atom. The van der Waals surface area contributed by atoms with Gasteiger partial charge in [0.25, 0.3) is 11.8 Å². The van der Waals surface area contributed by atoms with Crippen LogP contribution in [0.3, 0.4) is 0 Å². The third-order valence-corrected chi connectivity index (χ3v) is 4.49. The summed E-state index contributed by atoms with van der Waals surface area (Å²) in [5.41, 5.74) is 1.35. The number of nitrogens with zero attached hydrogens (tertiary/aromatic N) is 1. The van der Waals surface area contributed by atoms with Crippen LogP contribution >= 0.6 is 0 Å². The van der Waals surface area contributed by atoms with E-state index in [0.29, 0.717) is 12.1 Å². The molecule has 2 aromatic carbocycles. The second kappa shape index (κ2) is 7.59. The number of carbonyl (C=O) groups excluding carboxylic acids is 3. The Labute approximate surface area is 164 Å². The Kier molecular flexibility index (Phi) is 4.82. The summed E-state index contributed by atoms with van der Waals surface area (Å²) >= 11 is 0. The molecule has 0 radical (unpaired) electrons. The Hall–Kier alpha value is -3.94. The van der Waals surface area contributed by atoms with Crippen molar-refractivity contribution >= 4 is 34.8 Å². The van der Waals surface area contributed by atoms with Gasteiger partial charge < -0.3 is 9.30 Å². The van der Waals surface area contributed by atoms with E-state index in [1.807, 2.05) is 28.8 Å². The van der Waals surface area contributed by atoms with E-state index in [-0.39, 0.29) is 17.9 Å². The van der Waals surface area contributed by atoms with Gasteiger partial charge in [0.2, 0.25) is 0 Å². The van der Waals surface area contributed by atoms with E-state index in [1.165, 1.54) is 12.1 Å². The number of carbonyl (C=O) groups is 3. The largest absolute Gasteiger partial charge is 0.489 e. The average molecular weight is 393 g/mol. The Bertz CT molecular complexity index is 1140. The van der Waals surface area contributed by atoms with Crippen LogP contribution in [0.2, 0.25) is 0 Å². The van der Waals surface area contributed by atoms with Gasteiger partial charge in [-0.05, 0) is 24.3 Å². The first-order chi connectivity index (χ1) is 14.0. The highest BCUT2D eigenvalue weighted by Gasteiger charge is 2.28. The predicted octanol–water partition coefficient (Wildman–Crippen LogP) is 2.61. The molecule has 0 atom stereocenters. The van der Waals surface area contributed by atoms with E-state index in [2.05, 4.69) is 10.6 Å². The number of hydrogen-bond donors (Lipinski definition) is 2. The third kappa shape index (κ3) is 3.73. The van der Waals surface area contributed by atoms with E-state index < -0.39 is 23.7 Å². The summed E-state index contributed by atoms with van der Waals surface area (Å²) in [6, 6.07) is 12.8. The van der Waals surface area contributed by atoms with Crippen LogP contribution in [0.5, 0.6) is 5.75 Å². The van der Waals surface area contributed by atoms with Crippen LogP contribution in [-0.4, -0.2) is 29.0 Å². The number of amides is 4. The number of rotatable bonds is 5. The summed E-state index contributed by atoms with van der Waals surface area (Å²) in [6.07, 6.45) is 3.22. The number of imide groups is 2. The van der Waals surface area contributed by atoms with Crippen LogP contribution in [0.4, 0.5) is 9.18 Å². The molecule has 0 aliphatic carbocycles. The highest BCUT2D eigenvalue weighted by molar-refractivity contribution is 6.31. The first kappa shape index (κ1) is 18.4. The molecule has 7 nitrogen and oxygen atoms in total. The van der Waals surface area contributed by atoms with Crippen LogP contribution in [0, 0.1) is 5.82 Å². The molecule has 8 heteroatoms. The summed E-state index contributed by atoms with van der Waals surface area (Å²) < 4.78 is 21.1. The average Bonchev–Trinajstić information content (AvgIpc) is 3.04. The molecular formula is C21H16FN3O4. The number of nitrogens with one attached hydrogen (secondary N) is 2. The van der Waals surface area contributed by atoms with Crippen LogP contribution in [0.15, 0.2) is 60.3 Å². The minimum atomic E-state index is -0.843. The summed E-state index contributed by atoms with van der Waals surface area (Å²) in [5.74, 6) is -1.76. The quantitative estimate of drug-likeness (QED) is 0.515. The molecular weight excluding hydrogens is 377 g/mol. The maximum atomic E-state index is 13.7. The molecule has 0 saturated carbocycles. The number of para-hydroxylation sites is 2. The normalized spacial score (nSPS) is 14.0. The van der Waals surface area contributed by atoms with Crippen molar-refractivity contribution in [2.24, 2.45) is 0 Å². The van der Waals surface area contributed by atoms with Crippen LogP contribution in [-0.2, 0) is 16.1 Å². The molecule has 1 aromatic heterocycles. The Morgan fingerprint density at radius 2 is 1.66 bits per heavy atom. The lowest BCUT2D eigenvalue weighted by Gasteiger charge is -2.13. The Balaban J connectivity index is 1.61. The summed E-state index contributed by atoms with van der Waals surface area (Å²) in [5, 5.41) is 4.93. The molecule has 4 rings (SSSR count). The topological polar surface area (TPSA) is 89.4 Å². The molecule has 0 bridgehead atoms. The van der Waals surface area contributed by atoms with Gasteiger partial charge in [0.15, 0.2) is 11.6 Å². The predicted molar refractivity (Wildman–Crippen MR) is 103 cm³/mol. The van der Waals surface area contributed by atoms with Crippen molar-refractivity contribution in [2.45, 2.75) is 6.54 Å². The van der Waals surface area contributed by atoms with Crippen molar-refractivity contribution in [1.29, 1.82) is 0 Å². The van der Waals surface area contributed by atoms with E-state index in [9.17, 15) is 18.8 Å². The van der Waals surface area contributed by atoms with Gasteiger partial charge in [0.05, 0.1) is 6.54 Å². The van der Waals surface area contributed by atoms with Crippen LogP contribution in [0.1, 0.15) is 5.56 Å². The number of ether oxygens (including phenoxy) is 1. The molecule has 3 aromatic rings. The molecule has 2 N–H and O–H groups in total. The highest BCUT2D eigenvalue weighted by atomic mass is 19.1. The zero-order valence-electron chi connectivity index (χ0n) is 15.1. The molecule has 1 fully saturated rings. The minimum Gasteiger partial charge on any atom is -0.489 e. The molecule has 4 amide bonds. The number of benzene rings is 2. The molecule has 1 aliphatic rings. The number of hydrogen-bond acceptors (Lipinski definition) is 4. The van der Waals surface area contributed by atoms with Crippen LogP contribution < -0.4 is 15.4 Å². The van der Waals surface area contributed by atoms with E-state index in [1.54, 1.807) is 24.4 Å². The smallest absolute Gasteiger partial charge is 0.328 e. The second-order valence-corrected chi connectivity index (χ2v) is 6.37. The van der Waals surface area contributed by atoms with Crippen molar-refractivity contribution in [1.82, 2.24) is 15.2 Å². The fourth-order valence-corrected chi connectivity index (χ4v) is 3.15. The van der Waals surface area contributed by atoms with Crippen molar-refractivity contribution < 1.29 is 23.5 Å². The SMILES string of the molecule is O=C1NC(=O)C(=Cc2cn(CCOc3ccccc3F)c3ccccc23)C(=O)N1. The maximum Gasteiger partial charge on any atom is 0.328 e. The summed E-state index contributed by atoms with van der Waals surface area (Å²) in [4.78, 5) is 35.2. The summed E-state index contributed by atoms with van der Waals surface area (Å²) in [6.45, 7) is 0.653. The van der Waals surface area contributed by atoms with Crippen molar-refractivity contribution in [3.63, 3.8) is 0 Å². The molecule has 1 saturated heterocycles. The molecule has 2 heterocycles. The van der Waals surface area contributed by atoms with Crippen LogP contribution in [0.25, 0.3) is 17.0 Å². The fraction of sp³-hybridized carbons (Fsp3) is 0.0952. The van der Waals surface area contributed by atoms with Gasteiger partial charge in [-0.3, -0.25) is 20.2 Å². The molecule has 146 valence electrons. The van der Waals surface area contributed by atoms with E-state index in [0.717, 1.165) is 10.9 Å². The van der Waals surface area contributed by atoms with Crippen molar-refractivity contribution in [3.05, 3.63) is 71.7 Å². The molecule has 1 aliphatic heterocycles. The first-order valence-corrected chi connectivity index (χ1v) is 8.86. The lowest BCUT2D eigenvalue weighted by atomic mass is 10.1. The van der Waals surface area contributed by atoms with Gasteiger partial charge in [0, 0.05) is 22.7 Å². The maximum absolute atomic E-state index is 13.7. The van der Waals surface area contributed by atoms with Gasteiger partial charge in [-0.1, -0.05) is 30.3 Å². The molecule has 0 unspecified atom stereocenters. The van der Waals surface area contributed by atoms with E-state index >= 15 is 0 Å². The number of urea groups is 1. The lowest BCUT2D eigenvalue weighted by molar-refractivity contribution is -0.123. The lowest BCUT2D eigenvalue weighted by Crippen LogP contribution is -2.51. The monoisotopic (exact) mass is 393 g/mol. The second-order valence-electron chi connectivity index (χ2n) is 6.37. The standard InChI is InChI=1S/C21H16FN3O4/c22-16-6-2-4-8-18(16)29-10-9-25-12-13(14-5-1-3-7-17(14)25)11-15-19(26)23-21(28)24-20(15)27/h1-8,11-12H,9-10H2,(H2,23,24,26,27,28). The Morgan fingerprint density at radius 1 is 0.966 bits per heavy atom. The highest BCUT2D eigenvalue weighted by Crippen LogP contribution is 2.24. The van der Waals surface area contributed by atoms with Gasteiger partial charge in [-0.2, -0.15) is 0 Å². The van der Waals surface area contributed by atoms with E-state index in [4.69, 9.17) is 4.74 Å². The number of fused-ring (bicyclic) bond motifs is 1. The summed E-state index contributed by atoms with van der Waals surface area (Å²) in [7, 11) is 0. The van der Waals surface area contributed by atoms with Gasteiger partial charge in [0.1, 0.15) is 12.2 Å². The van der Waals surface area contributed by atoms with Gasteiger partial charge in [-0.15, -0.1) is 0 Å². The zero-order chi connectivity index (χ0) is 20.4. The first-order valence-electron chi connectivity index (χ1n) is 8.86. The molecule has 0 spiro atoms. The number of halogens is 1. The van der Waals surface area contributed by atoms with Crippen molar-refractivity contribution in [3.8, 4) is 5.75 Å². The third-order valence-electron chi connectivity index (χ3n) is 4.49. The van der Waals surface area contributed by atoms with Crippen molar-refractivity contribution in [2.75, 3.05) is 6.61 Å². The molecule has 29 heavy (non-hydrogen) atoms. The van der Waals surface area contributed by atoms with Gasteiger partial charge >= 0.3 is 6.03 Å². The minimum absolute atomic E-state index is 0.157. The number of barbiturate groups is 1.